The van der Waals surface area contributed by atoms with Crippen LogP contribution in [0.5, 0.6) is 0 Å². The van der Waals surface area contributed by atoms with Gasteiger partial charge in [-0.25, -0.2) is 9.18 Å². The zero-order valence-electron chi connectivity index (χ0n) is 9.11. The molecule has 2 rings (SSSR count). The van der Waals surface area contributed by atoms with Crippen LogP contribution in [0.4, 0.5) is 10.1 Å². The average molecular weight is 223 g/mol. The molecule has 0 aromatic heterocycles. The summed E-state index contributed by atoms with van der Waals surface area (Å²) >= 11 is 0. The van der Waals surface area contributed by atoms with Gasteiger partial charge in [-0.05, 0) is 31.9 Å². The Morgan fingerprint density at radius 3 is 2.75 bits per heavy atom. The van der Waals surface area contributed by atoms with Crippen LogP contribution >= 0.6 is 0 Å². The van der Waals surface area contributed by atoms with Crippen LogP contribution < -0.4 is 4.90 Å². The smallest absolute Gasteiger partial charge is 0.337 e. The summed E-state index contributed by atoms with van der Waals surface area (Å²) in [5, 5.41) is 9.04. The van der Waals surface area contributed by atoms with Crippen molar-refractivity contribution in [2.24, 2.45) is 0 Å². The van der Waals surface area contributed by atoms with E-state index in [2.05, 4.69) is 0 Å². The molecule has 1 fully saturated rings. The van der Waals surface area contributed by atoms with Gasteiger partial charge in [-0.2, -0.15) is 0 Å². The molecular weight excluding hydrogens is 209 g/mol. The minimum Gasteiger partial charge on any atom is -0.478 e. The highest BCUT2D eigenvalue weighted by Crippen LogP contribution is 2.34. The maximum absolute atomic E-state index is 13.7. The molecule has 4 heteroatoms. The maximum atomic E-state index is 13.7. The van der Waals surface area contributed by atoms with Crippen LogP contribution in [0, 0.1) is 5.82 Å². The fourth-order valence-corrected chi connectivity index (χ4v) is 1.96. The van der Waals surface area contributed by atoms with Crippen molar-refractivity contribution in [2.75, 3.05) is 11.4 Å². The second kappa shape index (κ2) is 4.12. The second-order valence-electron chi connectivity index (χ2n) is 3.96. The van der Waals surface area contributed by atoms with E-state index in [1.54, 1.807) is 0 Å². The molecule has 1 saturated carbocycles. The highest BCUT2D eigenvalue weighted by molar-refractivity contribution is 5.94. The van der Waals surface area contributed by atoms with E-state index >= 15 is 0 Å². The summed E-state index contributed by atoms with van der Waals surface area (Å²) in [6, 6.07) is 4.50. The van der Waals surface area contributed by atoms with Gasteiger partial charge in [0.15, 0.2) is 0 Å². The number of nitrogens with zero attached hydrogens (tertiary/aromatic N) is 1. The lowest BCUT2D eigenvalue weighted by Gasteiger charge is -2.24. The van der Waals surface area contributed by atoms with Gasteiger partial charge in [-0.3, -0.25) is 0 Å². The average Bonchev–Trinajstić information content (AvgIpc) is 3.05. The molecule has 1 aliphatic rings. The minimum atomic E-state index is -1.08. The zero-order valence-corrected chi connectivity index (χ0v) is 9.11. The number of hydrogen-bond acceptors (Lipinski definition) is 2. The fraction of sp³-hybridized carbons (Fsp3) is 0.417. The van der Waals surface area contributed by atoms with Crippen LogP contribution in [-0.4, -0.2) is 23.7 Å². The summed E-state index contributed by atoms with van der Waals surface area (Å²) in [6.45, 7) is 2.54. The van der Waals surface area contributed by atoms with E-state index in [0.717, 1.165) is 12.8 Å². The van der Waals surface area contributed by atoms with Gasteiger partial charge in [0, 0.05) is 12.6 Å². The molecule has 1 aliphatic carbocycles. The highest BCUT2D eigenvalue weighted by Gasteiger charge is 2.32. The number of rotatable bonds is 4. The Bertz CT molecular complexity index is 415. The van der Waals surface area contributed by atoms with Crippen LogP contribution in [0.1, 0.15) is 30.1 Å². The number of carboxylic acids is 1. The summed E-state index contributed by atoms with van der Waals surface area (Å²) in [5.41, 5.74) is 0.286. The Labute approximate surface area is 93.5 Å². The predicted octanol–water partition coefficient (Wildman–Crippen LogP) is 2.51. The Morgan fingerprint density at radius 2 is 2.25 bits per heavy atom. The summed E-state index contributed by atoms with van der Waals surface area (Å²) < 4.78 is 13.7. The first-order chi connectivity index (χ1) is 7.65. The maximum Gasteiger partial charge on any atom is 0.337 e. The van der Waals surface area contributed by atoms with Gasteiger partial charge in [0.05, 0.1) is 11.3 Å². The molecule has 0 saturated heterocycles. The first kappa shape index (κ1) is 10.9. The molecule has 1 aromatic carbocycles. The Kier molecular flexibility index (Phi) is 2.81. The molecule has 0 atom stereocenters. The topological polar surface area (TPSA) is 40.5 Å². The van der Waals surface area contributed by atoms with Gasteiger partial charge in [0.2, 0.25) is 0 Å². The van der Waals surface area contributed by atoms with Crippen LogP contribution in [-0.2, 0) is 0 Å². The largest absolute Gasteiger partial charge is 0.478 e. The van der Waals surface area contributed by atoms with Crippen LogP contribution in [0.15, 0.2) is 18.2 Å². The number of halogens is 1. The van der Waals surface area contributed by atoms with Crippen molar-refractivity contribution in [2.45, 2.75) is 25.8 Å². The number of para-hydroxylation sites is 1. The van der Waals surface area contributed by atoms with Crippen molar-refractivity contribution >= 4 is 11.7 Å². The Balaban J connectivity index is 2.47. The summed E-state index contributed by atoms with van der Waals surface area (Å²) in [4.78, 5) is 12.9. The highest BCUT2D eigenvalue weighted by atomic mass is 19.1. The third-order valence-corrected chi connectivity index (χ3v) is 2.83. The van der Waals surface area contributed by atoms with E-state index < -0.39 is 11.8 Å². The van der Waals surface area contributed by atoms with Gasteiger partial charge in [0.1, 0.15) is 5.82 Å². The number of carbonyl (C=O) groups is 1. The molecule has 0 aliphatic heterocycles. The van der Waals surface area contributed by atoms with Crippen LogP contribution in [0.25, 0.3) is 0 Å². The van der Waals surface area contributed by atoms with Crippen molar-refractivity contribution in [1.82, 2.24) is 0 Å². The van der Waals surface area contributed by atoms with E-state index in [4.69, 9.17) is 5.11 Å². The van der Waals surface area contributed by atoms with E-state index in [1.807, 2.05) is 11.8 Å². The third kappa shape index (κ3) is 1.87. The molecule has 3 nitrogen and oxygen atoms in total. The summed E-state index contributed by atoms with van der Waals surface area (Å²) in [6.07, 6.45) is 2.03. The van der Waals surface area contributed by atoms with E-state index in [9.17, 15) is 9.18 Å². The molecule has 0 radical (unpaired) electrons. The molecule has 0 amide bonds. The number of aromatic carboxylic acids is 1. The number of hydrogen-bond donors (Lipinski definition) is 1. The predicted molar refractivity (Wildman–Crippen MR) is 59.4 cm³/mol. The van der Waals surface area contributed by atoms with Gasteiger partial charge < -0.3 is 10.0 Å². The number of carboxylic acid groups (broad SMARTS) is 1. The van der Waals surface area contributed by atoms with Gasteiger partial charge in [0.25, 0.3) is 0 Å². The van der Waals surface area contributed by atoms with Crippen molar-refractivity contribution in [1.29, 1.82) is 0 Å². The fourth-order valence-electron chi connectivity index (χ4n) is 1.96. The standard InChI is InChI=1S/C12H14FNO2/c1-2-14(8-6-7-8)11-9(12(15)16)4-3-5-10(11)13/h3-5,8H,2,6-7H2,1H3,(H,15,16). The normalized spacial score (nSPS) is 14.9. The first-order valence-corrected chi connectivity index (χ1v) is 5.43. The SMILES string of the molecule is CCN(c1c(F)cccc1C(=O)O)C1CC1. The molecule has 86 valence electrons. The monoisotopic (exact) mass is 223 g/mol. The Hall–Kier alpha value is -1.58. The second-order valence-corrected chi connectivity index (χ2v) is 3.96. The van der Waals surface area contributed by atoms with E-state index in [-0.39, 0.29) is 11.3 Å². The molecule has 0 unspecified atom stereocenters. The quantitative estimate of drug-likeness (QED) is 0.852. The lowest BCUT2D eigenvalue weighted by molar-refractivity contribution is 0.0697. The van der Waals surface area contributed by atoms with Crippen molar-refractivity contribution in [3.05, 3.63) is 29.6 Å². The van der Waals surface area contributed by atoms with E-state index in [0.29, 0.717) is 12.6 Å². The van der Waals surface area contributed by atoms with E-state index in [1.165, 1.54) is 18.2 Å². The Morgan fingerprint density at radius 1 is 1.56 bits per heavy atom. The van der Waals surface area contributed by atoms with Crippen molar-refractivity contribution < 1.29 is 14.3 Å². The summed E-state index contributed by atoms with van der Waals surface area (Å²) in [7, 11) is 0. The van der Waals surface area contributed by atoms with Crippen LogP contribution in [0.2, 0.25) is 0 Å². The zero-order chi connectivity index (χ0) is 11.7. The lowest BCUT2D eigenvalue weighted by Crippen LogP contribution is -2.28. The number of anilines is 1. The molecule has 16 heavy (non-hydrogen) atoms. The van der Waals surface area contributed by atoms with Crippen LogP contribution in [0.3, 0.4) is 0 Å². The van der Waals surface area contributed by atoms with Gasteiger partial charge in [-0.15, -0.1) is 0 Å². The van der Waals surface area contributed by atoms with Gasteiger partial charge >= 0.3 is 5.97 Å². The minimum absolute atomic E-state index is 0.0498. The lowest BCUT2D eigenvalue weighted by atomic mass is 10.1. The number of benzene rings is 1. The molecule has 1 aromatic rings. The molecule has 0 heterocycles. The van der Waals surface area contributed by atoms with Crippen molar-refractivity contribution in [3.63, 3.8) is 0 Å². The molecule has 0 spiro atoms. The molecular formula is C12H14FNO2. The third-order valence-electron chi connectivity index (χ3n) is 2.83. The molecule has 1 N–H and O–H groups in total. The summed E-state index contributed by atoms with van der Waals surface area (Å²) in [5.74, 6) is -1.53. The first-order valence-electron chi connectivity index (χ1n) is 5.43. The van der Waals surface area contributed by atoms with Gasteiger partial charge in [-0.1, -0.05) is 6.07 Å². The van der Waals surface area contributed by atoms with Crippen molar-refractivity contribution in [3.8, 4) is 0 Å². The molecule has 0 bridgehead atoms.